The van der Waals surface area contributed by atoms with Crippen LogP contribution in [-0.4, -0.2) is 42.3 Å². The number of halogens is 1. The van der Waals surface area contributed by atoms with Crippen LogP contribution in [0.15, 0.2) is 12.1 Å². The molecular weight excluding hydrogens is 364 g/mol. The summed E-state index contributed by atoms with van der Waals surface area (Å²) in [5, 5.41) is 14.5. The summed E-state index contributed by atoms with van der Waals surface area (Å²) in [5.74, 6) is -1.83. The largest absolute Gasteiger partial charge is 0.503 e. The predicted molar refractivity (Wildman–Crippen MR) is 93.5 cm³/mol. The molecule has 1 aliphatic rings. The number of aromatic hydroxyl groups is 1. The Bertz CT molecular complexity index is 688. The first kappa shape index (κ1) is 19.8. The van der Waals surface area contributed by atoms with E-state index in [2.05, 4.69) is 10.6 Å². The molecule has 1 fully saturated rings. The van der Waals surface area contributed by atoms with Crippen LogP contribution in [0.4, 0.5) is 4.79 Å². The van der Waals surface area contributed by atoms with E-state index in [-0.39, 0.29) is 34.7 Å². The Hall–Kier alpha value is -2.48. The Morgan fingerprint density at radius 3 is 2.62 bits per heavy atom. The van der Waals surface area contributed by atoms with Crippen LogP contribution < -0.4 is 15.4 Å². The summed E-state index contributed by atoms with van der Waals surface area (Å²) in [6.45, 7) is 1.35. The van der Waals surface area contributed by atoms with Crippen LogP contribution in [0.25, 0.3) is 0 Å². The number of imide groups is 1. The maximum Gasteiger partial charge on any atom is 0.338 e. The lowest BCUT2D eigenvalue weighted by molar-refractivity contribution is -0.123. The van der Waals surface area contributed by atoms with Gasteiger partial charge in [0, 0.05) is 6.04 Å². The van der Waals surface area contributed by atoms with Crippen molar-refractivity contribution in [1.82, 2.24) is 10.6 Å². The first-order chi connectivity index (χ1) is 12.4. The monoisotopic (exact) mass is 384 g/mol. The van der Waals surface area contributed by atoms with E-state index in [9.17, 15) is 19.5 Å². The van der Waals surface area contributed by atoms with E-state index in [0.717, 1.165) is 25.7 Å². The highest BCUT2D eigenvalue weighted by atomic mass is 35.5. The second kappa shape index (κ2) is 9.28. The molecule has 1 saturated carbocycles. The van der Waals surface area contributed by atoms with Crippen LogP contribution in [0, 0.1) is 0 Å². The summed E-state index contributed by atoms with van der Waals surface area (Å²) in [6, 6.07) is 1.93. The smallest absolute Gasteiger partial charge is 0.338 e. The number of phenolic OH excluding ortho intramolecular Hbond substituents is 1. The number of carbonyl (C=O) groups excluding carboxylic acids is 3. The van der Waals surface area contributed by atoms with Crippen molar-refractivity contribution in [3.05, 3.63) is 22.7 Å². The molecule has 0 aliphatic heterocycles. The normalized spacial score (nSPS) is 13.9. The minimum absolute atomic E-state index is 0.0134. The van der Waals surface area contributed by atoms with Gasteiger partial charge in [-0.15, -0.1) is 0 Å². The zero-order valence-electron chi connectivity index (χ0n) is 14.3. The third kappa shape index (κ3) is 5.52. The molecule has 1 aliphatic carbocycles. The van der Waals surface area contributed by atoms with Crippen LogP contribution >= 0.6 is 11.6 Å². The number of hydrogen-bond donors (Lipinski definition) is 3. The van der Waals surface area contributed by atoms with Crippen LogP contribution in [0.3, 0.4) is 0 Å². The van der Waals surface area contributed by atoms with Gasteiger partial charge in [0.1, 0.15) is 0 Å². The standard InChI is InChI=1S/C17H21ClN2O6/c1-2-25-13-8-10(7-12(18)15(13)22)16(23)26-9-14(21)20-17(24)19-11-5-3-4-6-11/h7-8,11,22H,2-6,9H2,1H3,(H2,19,20,21,24). The van der Waals surface area contributed by atoms with Gasteiger partial charge in [0.2, 0.25) is 0 Å². The van der Waals surface area contributed by atoms with E-state index in [1.54, 1.807) is 6.92 Å². The first-order valence-corrected chi connectivity index (χ1v) is 8.71. The summed E-state index contributed by atoms with van der Waals surface area (Å²) in [4.78, 5) is 35.4. The quantitative estimate of drug-likeness (QED) is 0.649. The molecule has 1 aromatic carbocycles. The summed E-state index contributed by atoms with van der Waals surface area (Å²) >= 11 is 5.84. The van der Waals surface area contributed by atoms with Gasteiger partial charge in [-0.1, -0.05) is 24.4 Å². The zero-order valence-corrected chi connectivity index (χ0v) is 15.1. The Balaban J connectivity index is 1.85. The number of carbonyl (C=O) groups is 3. The van der Waals surface area contributed by atoms with Crippen LogP contribution in [0.2, 0.25) is 5.02 Å². The fourth-order valence-corrected chi connectivity index (χ4v) is 2.84. The topological polar surface area (TPSA) is 114 Å². The van der Waals surface area contributed by atoms with E-state index in [1.165, 1.54) is 12.1 Å². The number of hydrogen-bond acceptors (Lipinski definition) is 6. The van der Waals surface area contributed by atoms with E-state index in [1.807, 2.05) is 0 Å². The Morgan fingerprint density at radius 2 is 1.96 bits per heavy atom. The Morgan fingerprint density at radius 1 is 1.27 bits per heavy atom. The van der Waals surface area contributed by atoms with Crippen molar-refractivity contribution in [1.29, 1.82) is 0 Å². The van der Waals surface area contributed by atoms with Gasteiger partial charge < -0.3 is 19.9 Å². The molecule has 0 heterocycles. The van der Waals surface area contributed by atoms with E-state index in [4.69, 9.17) is 21.1 Å². The average molecular weight is 385 g/mol. The highest BCUT2D eigenvalue weighted by Crippen LogP contribution is 2.35. The molecule has 26 heavy (non-hydrogen) atoms. The van der Waals surface area contributed by atoms with E-state index >= 15 is 0 Å². The number of esters is 1. The van der Waals surface area contributed by atoms with Crippen molar-refractivity contribution in [3.63, 3.8) is 0 Å². The molecule has 9 heteroatoms. The molecule has 2 rings (SSSR count). The van der Waals surface area contributed by atoms with Gasteiger partial charge in [0.05, 0.1) is 17.2 Å². The molecule has 0 aromatic heterocycles. The lowest BCUT2D eigenvalue weighted by Gasteiger charge is -2.12. The lowest BCUT2D eigenvalue weighted by Crippen LogP contribution is -2.44. The molecule has 0 unspecified atom stereocenters. The van der Waals surface area contributed by atoms with Gasteiger partial charge in [0.15, 0.2) is 18.1 Å². The molecule has 8 nitrogen and oxygen atoms in total. The minimum atomic E-state index is -0.834. The van der Waals surface area contributed by atoms with Gasteiger partial charge in [-0.05, 0) is 31.9 Å². The fourth-order valence-electron chi connectivity index (χ4n) is 2.63. The minimum Gasteiger partial charge on any atom is -0.503 e. The van der Waals surface area contributed by atoms with Crippen molar-refractivity contribution in [3.8, 4) is 11.5 Å². The van der Waals surface area contributed by atoms with Crippen LogP contribution in [0.1, 0.15) is 43.0 Å². The molecular formula is C17H21ClN2O6. The van der Waals surface area contributed by atoms with Crippen molar-refractivity contribution < 1.29 is 29.0 Å². The molecule has 3 N–H and O–H groups in total. The second-order valence-electron chi connectivity index (χ2n) is 5.82. The highest BCUT2D eigenvalue weighted by molar-refractivity contribution is 6.32. The van der Waals surface area contributed by atoms with Gasteiger partial charge in [-0.25, -0.2) is 9.59 Å². The van der Waals surface area contributed by atoms with Gasteiger partial charge in [-0.3, -0.25) is 10.1 Å². The zero-order chi connectivity index (χ0) is 19.1. The van der Waals surface area contributed by atoms with Gasteiger partial charge in [-0.2, -0.15) is 0 Å². The van der Waals surface area contributed by atoms with Crippen molar-refractivity contribution in [2.45, 2.75) is 38.6 Å². The Labute approximate surface area is 155 Å². The maximum absolute atomic E-state index is 12.0. The molecule has 0 bridgehead atoms. The third-order valence-corrected chi connectivity index (χ3v) is 4.13. The second-order valence-corrected chi connectivity index (χ2v) is 6.22. The van der Waals surface area contributed by atoms with Crippen LogP contribution in [-0.2, 0) is 9.53 Å². The molecule has 142 valence electrons. The maximum atomic E-state index is 12.0. The predicted octanol–water partition coefficient (Wildman–Crippen LogP) is 2.37. The van der Waals surface area contributed by atoms with Crippen LogP contribution in [0.5, 0.6) is 11.5 Å². The van der Waals surface area contributed by atoms with E-state index < -0.39 is 24.5 Å². The number of rotatable bonds is 6. The first-order valence-electron chi connectivity index (χ1n) is 8.33. The number of urea groups is 1. The highest BCUT2D eigenvalue weighted by Gasteiger charge is 2.20. The molecule has 3 amide bonds. The Kier molecular flexibility index (Phi) is 7.08. The lowest BCUT2D eigenvalue weighted by atomic mass is 10.2. The molecule has 0 radical (unpaired) electrons. The van der Waals surface area contributed by atoms with Gasteiger partial charge in [0.25, 0.3) is 5.91 Å². The van der Waals surface area contributed by atoms with Crippen molar-refractivity contribution in [2.24, 2.45) is 0 Å². The fraction of sp³-hybridized carbons (Fsp3) is 0.471. The number of nitrogens with one attached hydrogen (secondary N) is 2. The molecule has 0 spiro atoms. The number of benzene rings is 1. The summed E-state index contributed by atoms with van der Waals surface area (Å²) in [7, 11) is 0. The summed E-state index contributed by atoms with van der Waals surface area (Å²) in [5.41, 5.74) is 0.0134. The molecule has 0 saturated heterocycles. The van der Waals surface area contributed by atoms with Crippen molar-refractivity contribution >= 4 is 29.5 Å². The molecule has 1 aromatic rings. The number of ether oxygens (including phenoxy) is 2. The SMILES string of the molecule is CCOc1cc(C(=O)OCC(=O)NC(=O)NC2CCCC2)cc(Cl)c1O. The third-order valence-electron chi connectivity index (χ3n) is 3.84. The summed E-state index contributed by atoms with van der Waals surface area (Å²) in [6.07, 6.45) is 3.88. The van der Waals surface area contributed by atoms with E-state index in [0.29, 0.717) is 0 Å². The number of amides is 3. The molecule has 0 atom stereocenters. The number of phenols is 1. The summed E-state index contributed by atoms with van der Waals surface area (Å²) < 4.78 is 10.0. The van der Waals surface area contributed by atoms with Gasteiger partial charge >= 0.3 is 12.0 Å². The van der Waals surface area contributed by atoms with Crippen molar-refractivity contribution in [2.75, 3.05) is 13.2 Å². The average Bonchev–Trinajstić information content (AvgIpc) is 3.09.